The Morgan fingerprint density at radius 1 is 1.50 bits per heavy atom. The fourth-order valence-electron chi connectivity index (χ4n) is 2.54. The molecule has 0 spiro atoms. The lowest BCUT2D eigenvalue weighted by atomic mass is 9.97. The largest absolute Gasteiger partial charge is 0.362 e. The van der Waals surface area contributed by atoms with Crippen molar-refractivity contribution in [2.75, 3.05) is 12.0 Å². The molecule has 7 heteroatoms. The average Bonchev–Trinajstić information content (AvgIpc) is 2.81. The number of rotatable bonds is 2. The summed E-state index contributed by atoms with van der Waals surface area (Å²) >= 11 is 6.76. The Morgan fingerprint density at radius 3 is 3.10 bits per heavy atom. The van der Waals surface area contributed by atoms with Gasteiger partial charge in [0.05, 0.1) is 5.39 Å². The smallest absolute Gasteiger partial charge is 0.281 e. The minimum absolute atomic E-state index is 0.0605. The van der Waals surface area contributed by atoms with E-state index in [1.807, 2.05) is 6.92 Å². The Labute approximate surface area is 126 Å². The normalized spacial score (nSPS) is 14.1. The van der Waals surface area contributed by atoms with Crippen LogP contribution in [0.5, 0.6) is 0 Å². The van der Waals surface area contributed by atoms with Crippen molar-refractivity contribution in [3.63, 3.8) is 0 Å². The molecule has 0 radical (unpaired) electrons. The molecule has 0 unspecified atom stereocenters. The van der Waals surface area contributed by atoms with Gasteiger partial charge in [-0.05, 0) is 50.4 Å². The van der Waals surface area contributed by atoms with Crippen molar-refractivity contribution < 1.29 is 0 Å². The van der Waals surface area contributed by atoms with Crippen LogP contribution >= 0.6 is 23.6 Å². The van der Waals surface area contributed by atoms with Crippen molar-refractivity contribution in [3.8, 4) is 0 Å². The highest BCUT2D eigenvalue weighted by Crippen LogP contribution is 2.33. The fourth-order valence-corrected chi connectivity index (χ4v) is 4.00. The molecule has 0 bridgehead atoms. The second-order valence-corrected chi connectivity index (χ2v) is 6.27. The standard InChI is InChI=1S/C13H16N4OS2/c1-2-14-13(19)16-17-7-15-11-10(12(17)18)8-5-3-4-6-9(8)20-11/h7H,2-6H2,1H3,(H2,14,16,19). The minimum Gasteiger partial charge on any atom is -0.362 e. The van der Waals surface area contributed by atoms with E-state index in [9.17, 15) is 4.79 Å². The van der Waals surface area contributed by atoms with Gasteiger partial charge in [-0.3, -0.25) is 10.2 Å². The van der Waals surface area contributed by atoms with Crippen LogP contribution in [0.1, 0.15) is 30.2 Å². The first-order valence-corrected chi connectivity index (χ1v) is 8.00. The molecule has 0 amide bonds. The molecular formula is C13H16N4OS2. The van der Waals surface area contributed by atoms with E-state index in [0.29, 0.717) is 11.7 Å². The quantitative estimate of drug-likeness (QED) is 0.828. The molecule has 0 saturated carbocycles. The predicted molar refractivity (Wildman–Crippen MR) is 86.2 cm³/mol. The van der Waals surface area contributed by atoms with E-state index in [1.54, 1.807) is 11.3 Å². The Morgan fingerprint density at radius 2 is 2.30 bits per heavy atom. The lowest BCUT2D eigenvalue weighted by Gasteiger charge is -2.12. The fraction of sp³-hybridized carbons (Fsp3) is 0.462. The molecule has 0 saturated heterocycles. The molecule has 20 heavy (non-hydrogen) atoms. The molecule has 0 atom stereocenters. The molecule has 2 aromatic rings. The maximum absolute atomic E-state index is 12.6. The summed E-state index contributed by atoms with van der Waals surface area (Å²) in [7, 11) is 0. The number of nitrogens with one attached hydrogen (secondary N) is 2. The van der Waals surface area contributed by atoms with Crippen LogP contribution in [0.4, 0.5) is 0 Å². The first-order valence-electron chi connectivity index (χ1n) is 6.77. The number of fused-ring (bicyclic) bond motifs is 3. The van der Waals surface area contributed by atoms with Crippen LogP contribution in [0.15, 0.2) is 11.1 Å². The molecule has 3 rings (SSSR count). The van der Waals surface area contributed by atoms with Crippen molar-refractivity contribution in [2.45, 2.75) is 32.6 Å². The van der Waals surface area contributed by atoms with E-state index in [-0.39, 0.29) is 5.56 Å². The zero-order chi connectivity index (χ0) is 14.1. The molecule has 1 aliphatic carbocycles. The molecule has 106 valence electrons. The van der Waals surface area contributed by atoms with Crippen LogP contribution in [-0.2, 0) is 12.8 Å². The van der Waals surface area contributed by atoms with Crippen molar-refractivity contribution >= 4 is 38.9 Å². The summed E-state index contributed by atoms with van der Waals surface area (Å²) in [6.45, 7) is 2.66. The van der Waals surface area contributed by atoms with Crippen LogP contribution in [-0.4, -0.2) is 21.3 Å². The molecule has 2 N–H and O–H groups in total. The average molecular weight is 308 g/mol. The number of thiocarbonyl (C=S) groups is 1. The third-order valence-corrected chi connectivity index (χ3v) is 4.87. The highest BCUT2D eigenvalue weighted by molar-refractivity contribution is 7.80. The van der Waals surface area contributed by atoms with Crippen LogP contribution < -0.4 is 16.3 Å². The van der Waals surface area contributed by atoms with E-state index in [4.69, 9.17) is 12.2 Å². The summed E-state index contributed by atoms with van der Waals surface area (Å²) in [5.74, 6) is 0. The minimum atomic E-state index is -0.0605. The van der Waals surface area contributed by atoms with Crippen LogP contribution in [0.3, 0.4) is 0 Å². The van der Waals surface area contributed by atoms with E-state index in [0.717, 1.165) is 29.5 Å². The summed E-state index contributed by atoms with van der Waals surface area (Å²) in [5.41, 5.74) is 4.00. The van der Waals surface area contributed by atoms with E-state index >= 15 is 0 Å². The third-order valence-electron chi connectivity index (χ3n) is 3.44. The highest BCUT2D eigenvalue weighted by Gasteiger charge is 2.20. The molecule has 0 aliphatic heterocycles. The maximum atomic E-state index is 12.6. The van der Waals surface area contributed by atoms with Crippen LogP contribution in [0.2, 0.25) is 0 Å². The summed E-state index contributed by atoms with van der Waals surface area (Å²) in [4.78, 5) is 19.1. The van der Waals surface area contributed by atoms with Crippen LogP contribution in [0.25, 0.3) is 10.2 Å². The van der Waals surface area contributed by atoms with Gasteiger partial charge in [0.1, 0.15) is 11.2 Å². The van der Waals surface area contributed by atoms with Gasteiger partial charge < -0.3 is 5.32 Å². The predicted octanol–water partition coefficient (Wildman–Crippen LogP) is 1.77. The summed E-state index contributed by atoms with van der Waals surface area (Å²) in [5, 5.41) is 4.15. The monoisotopic (exact) mass is 308 g/mol. The van der Waals surface area contributed by atoms with Gasteiger partial charge in [0.25, 0.3) is 5.56 Å². The van der Waals surface area contributed by atoms with Gasteiger partial charge in [-0.2, -0.15) is 0 Å². The number of aryl methyl sites for hydroxylation is 2. The SMILES string of the molecule is CCNC(=S)Nn1cnc2sc3c(c2c1=O)CCCC3. The van der Waals surface area contributed by atoms with Gasteiger partial charge in [0.15, 0.2) is 5.11 Å². The zero-order valence-corrected chi connectivity index (χ0v) is 12.9. The molecule has 5 nitrogen and oxygen atoms in total. The Hall–Kier alpha value is -1.47. The number of hydrogen-bond acceptors (Lipinski definition) is 4. The number of hydrogen-bond donors (Lipinski definition) is 2. The topological polar surface area (TPSA) is 58.9 Å². The second-order valence-electron chi connectivity index (χ2n) is 4.78. The molecular weight excluding hydrogens is 292 g/mol. The maximum Gasteiger partial charge on any atom is 0.281 e. The van der Waals surface area contributed by atoms with Gasteiger partial charge in [-0.25, -0.2) is 9.66 Å². The van der Waals surface area contributed by atoms with E-state index in [1.165, 1.54) is 27.9 Å². The van der Waals surface area contributed by atoms with Gasteiger partial charge in [0.2, 0.25) is 0 Å². The first kappa shape index (κ1) is 13.5. The molecule has 2 aromatic heterocycles. The summed E-state index contributed by atoms with van der Waals surface area (Å²) < 4.78 is 1.37. The lowest BCUT2D eigenvalue weighted by Crippen LogP contribution is -2.39. The number of thiophene rings is 1. The van der Waals surface area contributed by atoms with Crippen molar-refractivity contribution in [1.82, 2.24) is 15.0 Å². The molecule has 1 aliphatic rings. The van der Waals surface area contributed by atoms with Gasteiger partial charge >= 0.3 is 0 Å². The van der Waals surface area contributed by atoms with Gasteiger partial charge in [-0.15, -0.1) is 11.3 Å². The lowest BCUT2D eigenvalue weighted by molar-refractivity contribution is 0.699. The van der Waals surface area contributed by atoms with E-state index < -0.39 is 0 Å². The van der Waals surface area contributed by atoms with Crippen molar-refractivity contribution in [1.29, 1.82) is 0 Å². The Kier molecular flexibility index (Phi) is 3.71. The second kappa shape index (κ2) is 5.49. The number of nitrogens with zero attached hydrogens (tertiary/aromatic N) is 2. The Bertz CT molecular complexity index is 719. The molecule has 2 heterocycles. The van der Waals surface area contributed by atoms with Gasteiger partial charge in [0, 0.05) is 11.4 Å². The number of aromatic nitrogens is 2. The molecule has 0 aromatic carbocycles. The first-order chi connectivity index (χ1) is 9.70. The zero-order valence-electron chi connectivity index (χ0n) is 11.2. The summed E-state index contributed by atoms with van der Waals surface area (Å²) in [6.07, 6.45) is 5.91. The third kappa shape index (κ3) is 2.31. The summed E-state index contributed by atoms with van der Waals surface area (Å²) in [6, 6.07) is 0. The van der Waals surface area contributed by atoms with E-state index in [2.05, 4.69) is 15.7 Å². The highest BCUT2D eigenvalue weighted by atomic mass is 32.1. The van der Waals surface area contributed by atoms with Crippen LogP contribution in [0, 0.1) is 0 Å². The van der Waals surface area contributed by atoms with Gasteiger partial charge in [-0.1, -0.05) is 0 Å². The molecule has 0 fully saturated rings. The Balaban J connectivity index is 2.06. The van der Waals surface area contributed by atoms with Crippen molar-refractivity contribution in [2.24, 2.45) is 0 Å². The van der Waals surface area contributed by atoms with Crippen molar-refractivity contribution in [3.05, 3.63) is 27.1 Å².